The van der Waals surface area contributed by atoms with E-state index in [1.165, 1.54) is 11.1 Å². The van der Waals surface area contributed by atoms with Crippen molar-refractivity contribution in [2.24, 2.45) is 0 Å². The van der Waals surface area contributed by atoms with Crippen LogP contribution in [0.5, 0.6) is 23.0 Å². The van der Waals surface area contributed by atoms with Gasteiger partial charge in [0.1, 0.15) is 23.0 Å². The first kappa shape index (κ1) is 40.1. The Labute approximate surface area is 383 Å². The minimum Gasteiger partial charge on any atom is -0.497 e. The van der Waals surface area contributed by atoms with E-state index in [0.717, 1.165) is 99.5 Å². The fourth-order valence-corrected chi connectivity index (χ4v) is 12.0. The minimum atomic E-state index is -0.656. The molecule has 6 nitrogen and oxygen atoms in total. The largest absolute Gasteiger partial charge is 0.497 e. The topological polar surface area (TPSA) is 89.0 Å². The number of nitrogen functional groups attached to an aromatic ring is 2. The van der Waals surface area contributed by atoms with Crippen LogP contribution in [0, 0.1) is 0 Å². The molecule has 0 bridgehead atoms. The Balaban J connectivity index is 1.15. The van der Waals surface area contributed by atoms with E-state index in [0.29, 0.717) is 11.4 Å². The van der Waals surface area contributed by atoms with E-state index in [2.05, 4.69) is 133 Å². The lowest BCUT2D eigenvalue weighted by Gasteiger charge is -2.34. The van der Waals surface area contributed by atoms with Crippen LogP contribution < -0.4 is 30.4 Å². The third-order valence-corrected chi connectivity index (χ3v) is 15.0. The van der Waals surface area contributed by atoms with Crippen LogP contribution in [-0.4, -0.2) is 28.4 Å². The first-order valence-corrected chi connectivity index (χ1v) is 22.4. The molecule has 4 N–H and O–H groups in total. The van der Waals surface area contributed by atoms with Gasteiger partial charge in [-0.15, -0.1) is 11.3 Å². The zero-order chi connectivity index (χ0) is 44.5. The maximum atomic E-state index is 7.30. The van der Waals surface area contributed by atoms with Crippen molar-refractivity contribution in [2.75, 3.05) is 39.9 Å². The number of thiophene rings is 1. The van der Waals surface area contributed by atoms with Crippen LogP contribution in [-0.2, 0) is 10.8 Å². The average Bonchev–Trinajstić information content (AvgIpc) is 3.97. The Morgan fingerprint density at radius 1 is 0.323 bits per heavy atom. The molecular formula is C58H46N2O4S. The first-order chi connectivity index (χ1) is 31.9. The molecule has 0 unspecified atom stereocenters. The molecule has 0 saturated heterocycles. The molecule has 0 fully saturated rings. The third kappa shape index (κ3) is 5.71. The summed E-state index contributed by atoms with van der Waals surface area (Å²) in [5.74, 6) is 3.20. The second kappa shape index (κ2) is 15.5. The van der Waals surface area contributed by atoms with Crippen LogP contribution in [0.15, 0.2) is 182 Å². The van der Waals surface area contributed by atoms with Gasteiger partial charge in [0.05, 0.1) is 60.4 Å². The van der Waals surface area contributed by atoms with Gasteiger partial charge >= 0.3 is 0 Å². The normalized spacial score (nSPS) is 13.6. The Bertz CT molecular complexity index is 2950. The zero-order valence-electron chi connectivity index (χ0n) is 36.5. The summed E-state index contributed by atoms with van der Waals surface area (Å²) in [6.07, 6.45) is 0. The molecule has 0 amide bonds. The Hall–Kier alpha value is -7.74. The highest BCUT2D eigenvalue weighted by Gasteiger charge is 2.49. The molecule has 0 aliphatic heterocycles. The van der Waals surface area contributed by atoms with Crippen molar-refractivity contribution in [1.29, 1.82) is 0 Å². The molecule has 7 heteroatoms. The van der Waals surface area contributed by atoms with Crippen LogP contribution in [0.3, 0.4) is 0 Å². The highest BCUT2D eigenvalue weighted by molar-refractivity contribution is 7.20. The van der Waals surface area contributed by atoms with E-state index in [4.69, 9.17) is 30.4 Å². The summed E-state index contributed by atoms with van der Waals surface area (Å²) in [4.78, 5) is 1.87. The summed E-state index contributed by atoms with van der Waals surface area (Å²) in [5, 5.41) is 0. The van der Waals surface area contributed by atoms with Gasteiger partial charge < -0.3 is 30.4 Å². The summed E-state index contributed by atoms with van der Waals surface area (Å²) in [6, 6.07) is 64.6. The van der Waals surface area contributed by atoms with E-state index in [9.17, 15) is 0 Å². The molecule has 1 aromatic heterocycles. The number of nitrogens with two attached hydrogens (primary N) is 2. The molecule has 8 aromatic carbocycles. The molecule has 1 heterocycles. The Morgan fingerprint density at radius 3 is 0.908 bits per heavy atom. The van der Waals surface area contributed by atoms with Crippen LogP contribution in [0.25, 0.3) is 43.1 Å². The molecule has 2 aliphatic rings. The number of methoxy groups -OCH3 is 4. The predicted octanol–water partition coefficient (Wildman–Crippen LogP) is 13.0. The van der Waals surface area contributed by atoms with Crippen LogP contribution in [0.2, 0.25) is 0 Å². The van der Waals surface area contributed by atoms with Gasteiger partial charge in [-0.1, -0.05) is 133 Å². The fourth-order valence-electron chi connectivity index (χ4n) is 10.8. The smallest absolute Gasteiger partial charge is 0.118 e. The number of fused-ring (bicyclic) bond motifs is 6. The van der Waals surface area contributed by atoms with E-state index in [1.807, 2.05) is 48.5 Å². The summed E-state index contributed by atoms with van der Waals surface area (Å²) < 4.78 is 22.6. The fraction of sp³-hybridized carbons (Fsp3) is 0.103. The Morgan fingerprint density at radius 2 is 0.600 bits per heavy atom. The SMILES string of the molecule is COc1ccc(C2(c3ccc(OC)cc3)c3ccccc3-c3c(-c4sc(-c5cccc6c5-c5ccccc5C6(c5ccc(OC)cc5)c5ccc(OC)cc5)c(N)c4N)cccc32)cc1. The van der Waals surface area contributed by atoms with Crippen molar-refractivity contribution < 1.29 is 18.9 Å². The zero-order valence-corrected chi connectivity index (χ0v) is 37.3. The van der Waals surface area contributed by atoms with Crippen molar-refractivity contribution in [3.8, 4) is 66.1 Å². The number of anilines is 2. The molecule has 11 rings (SSSR count). The quantitative estimate of drug-likeness (QED) is 0.142. The van der Waals surface area contributed by atoms with Crippen LogP contribution in [0.1, 0.15) is 44.5 Å². The number of benzene rings is 8. The van der Waals surface area contributed by atoms with Gasteiger partial charge in [0, 0.05) is 11.1 Å². The monoisotopic (exact) mass is 866 g/mol. The molecule has 0 atom stereocenters. The lowest BCUT2D eigenvalue weighted by molar-refractivity contribution is 0.414. The highest BCUT2D eigenvalue weighted by Crippen LogP contribution is 2.63. The molecule has 0 spiro atoms. The molecule has 65 heavy (non-hydrogen) atoms. The van der Waals surface area contributed by atoms with Gasteiger partial charge in [0.15, 0.2) is 0 Å². The molecule has 318 valence electrons. The van der Waals surface area contributed by atoms with Crippen molar-refractivity contribution in [1.82, 2.24) is 0 Å². The summed E-state index contributed by atoms with van der Waals surface area (Å²) >= 11 is 1.66. The van der Waals surface area contributed by atoms with Gasteiger partial charge in [-0.05, 0) is 115 Å². The van der Waals surface area contributed by atoms with Crippen molar-refractivity contribution in [2.45, 2.75) is 10.8 Å². The number of hydrogen-bond acceptors (Lipinski definition) is 7. The second-order valence-electron chi connectivity index (χ2n) is 16.5. The summed E-state index contributed by atoms with van der Waals surface area (Å²) in [5.41, 5.74) is 30.3. The summed E-state index contributed by atoms with van der Waals surface area (Å²) in [6.45, 7) is 0. The second-order valence-corrected chi connectivity index (χ2v) is 17.6. The van der Waals surface area contributed by atoms with Gasteiger partial charge in [0.2, 0.25) is 0 Å². The Kier molecular flexibility index (Phi) is 9.56. The van der Waals surface area contributed by atoms with E-state index < -0.39 is 10.8 Å². The van der Waals surface area contributed by atoms with Gasteiger partial charge in [-0.3, -0.25) is 0 Å². The molecular weight excluding hydrogens is 821 g/mol. The van der Waals surface area contributed by atoms with Gasteiger partial charge in [-0.2, -0.15) is 0 Å². The molecule has 0 radical (unpaired) electrons. The van der Waals surface area contributed by atoms with Crippen molar-refractivity contribution >= 4 is 22.7 Å². The standard InChI is InChI=1S/C58H46N2O4S/c1-61-39-27-19-35(20-28-39)57(36-21-29-40(62-2)30-22-36)47-15-7-5-11-43(47)51-45(13-9-17-49(51)57)55-53(59)54(60)56(65-55)46-14-10-18-50-52(46)44-12-6-8-16-48(44)58(50,37-23-31-41(63-3)32-24-37)38-25-33-42(64-4)34-26-38/h5-34H,59-60H2,1-4H3. The van der Waals surface area contributed by atoms with Crippen LogP contribution >= 0.6 is 11.3 Å². The van der Waals surface area contributed by atoms with E-state index >= 15 is 0 Å². The van der Waals surface area contributed by atoms with E-state index in [1.54, 1.807) is 39.8 Å². The predicted molar refractivity (Wildman–Crippen MR) is 265 cm³/mol. The number of ether oxygens (including phenoxy) is 4. The molecule has 0 saturated carbocycles. The number of rotatable bonds is 10. The molecule has 2 aliphatic carbocycles. The molecule has 9 aromatic rings. The first-order valence-electron chi connectivity index (χ1n) is 21.6. The average molecular weight is 867 g/mol. The van der Waals surface area contributed by atoms with E-state index in [-0.39, 0.29) is 0 Å². The van der Waals surface area contributed by atoms with Crippen LogP contribution in [0.4, 0.5) is 11.4 Å². The van der Waals surface area contributed by atoms with Gasteiger partial charge in [-0.25, -0.2) is 0 Å². The minimum absolute atomic E-state index is 0.572. The maximum absolute atomic E-state index is 7.30. The summed E-state index contributed by atoms with van der Waals surface area (Å²) in [7, 11) is 6.80. The number of hydrogen-bond donors (Lipinski definition) is 2. The third-order valence-electron chi connectivity index (χ3n) is 13.7. The highest BCUT2D eigenvalue weighted by atomic mass is 32.1. The lowest BCUT2D eigenvalue weighted by atomic mass is 9.67. The maximum Gasteiger partial charge on any atom is 0.118 e. The van der Waals surface area contributed by atoms with Gasteiger partial charge in [0.25, 0.3) is 0 Å². The van der Waals surface area contributed by atoms with Crippen molar-refractivity contribution in [3.63, 3.8) is 0 Å². The van der Waals surface area contributed by atoms with Crippen molar-refractivity contribution in [3.05, 3.63) is 226 Å². The lowest BCUT2D eigenvalue weighted by Crippen LogP contribution is -2.28.